The van der Waals surface area contributed by atoms with Gasteiger partial charge in [0.25, 0.3) is 0 Å². The smallest absolute Gasteiger partial charge is 0.137 e. The molecule has 140 valence electrons. The number of benzene rings is 1. The molecule has 0 heterocycles. The number of aliphatic hydroxyl groups excluding tert-OH is 2. The van der Waals surface area contributed by atoms with Crippen molar-refractivity contribution in [3.8, 4) is 5.75 Å². The second-order valence-electron chi connectivity index (χ2n) is 5.45. The van der Waals surface area contributed by atoms with Crippen molar-refractivity contribution in [2.75, 3.05) is 13.2 Å². The largest absolute Gasteiger partial charge is 0.545 e. The number of aliphatic carboxylic acids is 2. The number of quaternary nitrogens is 1. The quantitative estimate of drug-likeness (QED) is 0.399. The van der Waals surface area contributed by atoms with E-state index in [1.807, 2.05) is 12.1 Å². The van der Waals surface area contributed by atoms with Crippen LogP contribution in [0.4, 0.5) is 0 Å². The van der Waals surface area contributed by atoms with Crippen molar-refractivity contribution in [2.45, 2.75) is 32.6 Å². The Morgan fingerprint density at radius 1 is 1.16 bits per heavy atom. The Morgan fingerprint density at radius 2 is 1.68 bits per heavy atom. The zero-order chi connectivity index (χ0) is 19.2. The maximum atomic E-state index is 9.66. The monoisotopic (exact) mass is 354 g/mol. The second kappa shape index (κ2) is 12.9. The molecule has 0 aliphatic heterocycles. The number of nitrogens with two attached hydrogens (primary N) is 1. The standard InChI is InChI=1S/C13H21NO3.C4H4O4/c1-10(2)14-7-12(16)9-17-13-5-3-11(8-15)4-6-13;5-3(6)1-2-4(7)8/h3-6,10,12,14-16H,7-9H2,1-2H3;1-2H,(H,5,6)(H,7,8)/p-1/b;2-1+. The van der Waals surface area contributed by atoms with Gasteiger partial charge in [0, 0.05) is 0 Å². The van der Waals surface area contributed by atoms with Crippen molar-refractivity contribution >= 4 is 11.9 Å². The lowest BCUT2D eigenvalue weighted by atomic mass is 10.2. The number of carbonyl (C=O) groups excluding carboxylic acids is 2. The Morgan fingerprint density at radius 3 is 2.08 bits per heavy atom. The van der Waals surface area contributed by atoms with Crippen LogP contribution < -0.4 is 20.3 Å². The highest BCUT2D eigenvalue weighted by Gasteiger charge is 2.08. The zero-order valence-electron chi connectivity index (χ0n) is 14.3. The first kappa shape index (κ1) is 22.6. The van der Waals surface area contributed by atoms with Crippen LogP contribution in [0.15, 0.2) is 36.4 Å². The molecule has 8 nitrogen and oxygen atoms in total. The first-order valence-electron chi connectivity index (χ1n) is 7.68. The molecule has 0 spiro atoms. The fourth-order valence-corrected chi connectivity index (χ4v) is 1.52. The van der Waals surface area contributed by atoms with Crippen molar-refractivity contribution in [1.82, 2.24) is 0 Å². The summed E-state index contributed by atoms with van der Waals surface area (Å²) in [6.07, 6.45) is 0.305. The first-order chi connectivity index (χ1) is 11.7. The lowest BCUT2D eigenvalue weighted by Gasteiger charge is -2.13. The predicted molar refractivity (Wildman–Crippen MR) is 84.9 cm³/mol. The minimum absolute atomic E-state index is 0.0340. The Labute approximate surface area is 146 Å². The molecule has 0 fully saturated rings. The topological polar surface area (TPSA) is 147 Å². The van der Waals surface area contributed by atoms with E-state index >= 15 is 0 Å². The molecule has 0 aliphatic rings. The van der Waals surface area contributed by atoms with E-state index in [4.69, 9.17) is 9.84 Å². The molecular weight excluding hydrogens is 330 g/mol. The first-order valence-corrected chi connectivity index (χ1v) is 7.68. The molecule has 0 radical (unpaired) electrons. The minimum Gasteiger partial charge on any atom is -0.545 e. The minimum atomic E-state index is -1.55. The molecule has 0 bridgehead atoms. The third-order valence-electron chi connectivity index (χ3n) is 2.78. The van der Waals surface area contributed by atoms with Crippen molar-refractivity contribution in [1.29, 1.82) is 0 Å². The maximum absolute atomic E-state index is 9.66. The van der Waals surface area contributed by atoms with Crippen molar-refractivity contribution < 1.29 is 40.1 Å². The van der Waals surface area contributed by atoms with Crippen molar-refractivity contribution in [2.24, 2.45) is 0 Å². The van der Waals surface area contributed by atoms with Gasteiger partial charge in [-0.05, 0) is 43.7 Å². The van der Waals surface area contributed by atoms with Crippen LogP contribution in [0.3, 0.4) is 0 Å². The van der Waals surface area contributed by atoms with Crippen LogP contribution in [0.25, 0.3) is 0 Å². The number of aliphatic hydroxyl groups is 2. The maximum Gasteiger partial charge on any atom is 0.137 e. The van der Waals surface area contributed by atoms with E-state index < -0.39 is 18.0 Å². The van der Waals surface area contributed by atoms with Crippen molar-refractivity contribution in [3.05, 3.63) is 42.0 Å². The van der Waals surface area contributed by atoms with E-state index in [2.05, 4.69) is 19.2 Å². The molecule has 0 amide bonds. The van der Waals surface area contributed by atoms with Crippen LogP contribution in [-0.4, -0.2) is 47.4 Å². The Hall–Kier alpha value is -2.42. The van der Waals surface area contributed by atoms with Crippen LogP contribution in [-0.2, 0) is 16.2 Å². The molecule has 1 rings (SSSR count). The van der Waals surface area contributed by atoms with Crippen LogP contribution in [0.5, 0.6) is 5.75 Å². The lowest BCUT2D eigenvalue weighted by Crippen LogP contribution is -2.90. The van der Waals surface area contributed by atoms with Crippen LogP contribution in [0, 0.1) is 0 Å². The lowest BCUT2D eigenvalue weighted by molar-refractivity contribution is -0.688. The Kier molecular flexibility index (Phi) is 11.7. The predicted octanol–water partition coefficient (Wildman–Crippen LogP) is -3.07. The summed E-state index contributed by atoms with van der Waals surface area (Å²) < 4.78 is 5.45. The van der Waals surface area contributed by atoms with Gasteiger partial charge in [-0.15, -0.1) is 0 Å². The van der Waals surface area contributed by atoms with Gasteiger partial charge in [0.2, 0.25) is 0 Å². The van der Waals surface area contributed by atoms with Crippen molar-refractivity contribution in [3.63, 3.8) is 0 Å². The SMILES string of the molecule is CC(C)[NH2+]CC(O)COc1ccc(CO)cc1.O=C([O-])/C=C/C(=O)[O-]. The van der Waals surface area contributed by atoms with Gasteiger partial charge in [-0.25, -0.2) is 0 Å². The molecular formula is C17H24NO7-. The van der Waals surface area contributed by atoms with Gasteiger partial charge in [0.1, 0.15) is 25.0 Å². The van der Waals surface area contributed by atoms with E-state index in [0.717, 1.165) is 5.56 Å². The summed E-state index contributed by atoms with van der Waals surface area (Å²) >= 11 is 0. The average Bonchev–Trinajstić information content (AvgIpc) is 2.57. The third kappa shape index (κ3) is 13.7. The summed E-state index contributed by atoms with van der Waals surface area (Å²) in [5.74, 6) is -2.38. The molecule has 0 saturated carbocycles. The highest BCUT2D eigenvalue weighted by Crippen LogP contribution is 2.12. The van der Waals surface area contributed by atoms with Gasteiger partial charge < -0.3 is 40.1 Å². The molecule has 1 unspecified atom stereocenters. The molecule has 0 aliphatic carbocycles. The average molecular weight is 354 g/mol. The summed E-state index contributed by atoms with van der Waals surface area (Å²) in [5, 5.41) is 39.4. The molecule has 25 heavy (non-hydrogen) atoms. The fourth-order valence-electron chi connectivity index (χ4n) is 1.52. The highest BCUT2D eigenvalue weighted by molar-refractivity contribution is 5.87. The number of carboxylic acids is 2. The van der Waals surface area contributed by atoms with E-state index in [1.165, 1.54) is 0 Å². The number of hydrogen-bond donors (Lipinski definition) is 3. The highest BCUT2D eigenvalue weighted by atomic mass is 16.5. The second-order valence-corrected chi connectivity index (χ2v) is 5.45. The number of hydrogen-bond acceptors (Lipinski definition) is 7. The van der Waals surface area contributed by atoms with Gasteiger partial charge in [0.05, 0.1) is 24.6 Å². The van der Waals surface area contributed by atoms with Gasteiger partial charge in [0.15, 0.2) is 0 Å². The third-order valence-corrected chi connectivity index (χ3v) is 2.78. The van der Waals surface area contributed by atoms with E-state index in [1.54, 1.807) is 12.1 Å². The van der Waals surface area contributed by atoms with Gasteiger partial charge in [-0.2, -0.15) is 0 Å². The van der Waals surface area contributed by atoms with E-state index in [9.17, 15) is 24.9 Å². The summed E-state index contributed by atoms with van der Waals surface area (Å²) in [4.78, 5) is 18.8. The molecule has 1 aromatic carbocycles. The Bertz CT molecular complexity index is 524. The van der Waals surface area contributed by atoms with E-state index in [0.29, 0.717) is 37.1 Å². The number of ether oxygens (including phenoxy) is 1. The zero-order valence-corrected chi connectivity index (χ0v) is 14.3. The number of rotatable bonds is 9. The fraction of sp³-hybridized carbons (Fsp3) is 0.412. The molecule has 1 aromatic rings. The molecule has 4 N–H and O–H groups in total. The molecule has 1 atom stereocenters. The molecule has 0 saturated heterocycles. The van der Waals surface area contributed by atoms with Crippen LogP contribution >= 0.6 is 0 Å². The number of carboxylic acid groups (broad SMARTS) is 2. The van der Waals surface area contributed by atoms with Crippen LogP contribution in [0.1, 0.15) is 19.4 Å². The summed E-state index contributed by atoms with van der Waals surface area (Å²) in [5.41, 5.74) is 0.853. The molecule has 8 heteroatoms. The normalized spacial score (nSPS) is 11.7. The summed E-state index contributed by atoms with van der Waals surface area (Å²) in [6.45, 7) is 5.14. The van der Waals surface area contributed by atoms with Gasteiger partial charge >= 0.3 is 0 Å². The molecule has 0 aromatic heterocycles. The van der Waals surface area contributed by atoms with Gasteiger partial charge in [-0.1, -0.05) is 12.1 Å². The Balaban J connectivity index is 0.000000609. The summed E-state index contributed by atoms with van der Waals surface area (Å²) in [6, 6.07) is 7.69. The summed E-state index contributed by atoms with van der Waals surface area (Å²) in [7, 11) is 0. The van der Waals surface area contributed by atoms with Gasteiger partial charge in [-0.3, -0.25) is 0 Å². The van der Waals surface area contributed by atoms with E-state index in [-0.39, 0.29) is 6.61 Å². The number of carbonyl (C=O) groups is 2. The van der Waals surface area contributed by atoms with Crippen LogP contribution in [0.2, 0.25) is 0 Å².